The van der Waals surface area contributed by atoms with Gasteiger partial charge in [-0.05, 0) is 35.0 Å². The minimum Gasteiger partial charge on any atom is -0.663 e. The van der Waals surface area contributed by atoms with Crippen LogP contribution in [0.1, 0.15) is 17.3 Å². The second kappa shape index (κ2) is 4.87. The predicted octanol–water partition coefficient (Wildman–Crippen LogP) is 3.19. The molecule has 3 nitrogen and oxygen atoms in total. The summed E-state index contributed by atoms with van der Waals surface area (Å²) in [5.41, 5.74) is 0.539. The molecule has 3 heteroatoms. The van der Waals surface area contributed by atoms with E-state index in [4.69, 9.17) is 4.74 Å². The maximum Gasteiger partial charge on any atom is 0.337 e. The number of hydrogen-bond donors (Lipinski definition) is 0. The third-order valence-corrected chi connectivity index (χ3v) is 2.49. The summed E-state index contributed by atoms with van der Waals surface area (Å²) in [5.74, 6) is 0.419. The number of benzene rings is 2. The molecule has 0 aliphatic carbocycles. The molecule has 0 N–H and O–H groups in total. The lowest BCUT2D eigenvalue weighted by Gasteiger charge is -2.13. The summed E-state index contributed by atoms with van der Waals surface area (Å²) in [4.78, 5) is 11.4. The summed E-state index contributed by atoms with van der Waals surface area (Å²) in [7, 11) is 1.37. The number of fused-ring (bicyclic) bond motifs is 1. The molecule has 0 saturated heterocycles. The maximum atomic E-state index is 11.4. The van der Waals surface area contributed by atoms with Crippen LogP contribution >= 0.6 is 0 Å². The van der Waals surface area contributed by atoms with E-state index in [2.05, 4.69) is 4.74 Å². The summed E-state index contributed by atoms with van der Waals surface area (Å²) in [5, 5.41) is 2.01. The number of carbonyl (C=O) groups is 1. The Morgan fingerprint density at radius 2 is 1.88 bits per heavy atom. The molecule has 0 aliphatic rings. The Morgan fingerprint density at radius 1 is 1.12 bits per heavy atom. The van der Waals surface area contributed by atoms with E-state index in [-0.39, 0.29) is 5.97 Å². The minimum absolute atomic E-state index is 0.333. The van der Waals surface area contributed by atoms with E-state index in [0.29, 0.717) is 5.56 Å². The lowest BCUT2D eigenvalue weighted by molar-refractivity contribution is 0.0601. The Kier molecular flexibility index (Phi) is 3.28. The van der Waals surface area contributed by atoms with Crippen molar-refractivity contribution in [1.29, 1.82) is 0 Å². The van der Waals surface area contributed by atoms with Gasteiger partial charge < -0.3 is 9.47 Å². The molecule has 17 heavy (non-hydrogen) atoms. The van der Waals surface area contributed by atoms with Gasteiger partial charge in [-0.3, -0.25) is 0 Å². The molecule has 2 aromatic carbocycles. The Balaban J connectivity index is 2.46. The largest absolute Gasteiger partial charge is 0.663 e. The highest BCUT2D eigenvalue weighted by Crippen LogP contribution is 2.22. The Morgan fingerprint density at radius 3 is 2.59 bits per heavy atom. The number of carbonyl (C=O) groups excluding carboxylic acids is 1. The molecular formula is C14H13O3-. The van der Waals surface area contributed by atoms with Gasteiger partial charge in [-0.15, -0.1) is 0 Å². The van der Waals surface area contributed by atoms with Crippen molar-refractivity contribution in [2.24, 2.45) is 0 Å². The Labute approximate surface area is 100.0 Å². The molecule has 0 atom stereocenters. The van der Waals surface area contributed by atoms with E-state index in [9.17, 15) is 4.79 Å². The molecular weight excluding hydrogens is 216 g/mol. The van der Waals surface area contributed by atoms with E-state index < -0.39 is 0 Å². The number of ether oxygens (including phenoxy) is 2. The van der Waals surface area contributed by atoms with Gasteiger partial charge in [0.2, 0.25) is 0 Å². The van der Waals surface area contributed by atoms with E-state index in [1.54, 1.807) is 18.7 Å². The van der Waals surface area contributed by atoms with Crippen molar-refractivity contribution in [1.82, 2.24) is 0 Å². The normalized spacial score (nSPS) is 10.2. The van der Waals surface area contributed by atoms with E-state index in [1.807, 2.05) is 31.2 Å². The van der Waals surface area contributed by atoms with Crippen LogP contribution in [0.3, 0.4) is 0 Å². The molecule has 0 amide bonds. The molecule has 0 aliphatic heterocycles. The first-order chi connectivity index (χ1) is 8.24. The van der Waals surface area contributed by atoms with Crippen LogP contribution in [0.25, 0.3) is 10.8 Å². The van der Waals surface area contributed by atoms with E-state index >= 15 is 0 Å². The first kappa shape index (κ1) is 11.5. The van der Waals surface area contributed by atoms with Crippen LogP contribution in [0.5, 0.6) is 5.75 Å². The quantitative estimate of drug-likeness (QED) is 0.599. The first-order valence-electron chi connectivity index (χ1n) is 5.31. The molecule has 0 heterocycles. The fraction of sp³-hybridized carbons (Fsp3) is 0.143. The average molecular weight is 229 g/mol. The highest BCUT2D eigenvalue weighted by molar-refractivity contribution is 5.95. The third-order valence-electron chi connectivity index (χ3n) is 2.49. The summed E-state index contributed by atoms with van der Waals surface area (Å²) >= 11 is 0. The van der Waals surface area contributed by atoms with Gasteiger partial charge in [0.25, 0.3) is 0 Å². The average Bonchev–Trinajstić information content (AvgIpc) is 2.37. The van der Waals surface area contributed by atoms with Crippen LogP contribution in [-0.4, -0.2) is 13.1 Å². The van der Waals surface area contributed by atoms with Gasteiger partial charge in [-0.25, -0.2) is 4.79 Å². The lowest BCUT2D eigenvalue weighted by atomic mass is 10.1. The summed E-state index contributed by atoms with van der Waals surface area (Å²) in [6, 6.07) is 11.2. The van der Waals surface area contributed by atoms with Crippen LogP contribution in [0, 0.1) is 6.61 Å². The molecule has 2 rings (SSSR count). The van der Waals surface area contributed by atoms with Crippen molar-refractivity contribution in [2.45, 2.75) is 6.92 Å². The van der Waals surface area contributed by atoms with Crippen molar-refractivity contribution in [3.05, 3.63) is 48.6 Å². The van der Waals surface area contributed by atoms with E-state index in [1.165, 1.54) is 7.11 Å². The molecule has 2 aromatic rings. The van der Waals surface area contributed by atoms with Crippen LogP contribution in [0.15, 0.2) is 36.4 Å². The van der Waals surface area contributed by atoms with Crippen LogP contribution in [0.4, 0.5) is 0 Å². The molecule has 0 bridgehead atoms. The monoisotopic (exact) mass is 229 g/mol. The lowest BCUT2D eigenvalue weighted by Crippen LogP contribution is -2.00. The van der Waals surface area contributed by atoms with Gasteiger partial charge in [0.1, 0.15) is 0 Å². The Bertz CT molecular complexity index is 546. The van der Waals surface area contributed by atoms with Crippen LogP contribution in [0.2, 0.25) is 0 Å². The smallest absolute Gasteiger partial charge is 0.337 e. The molecule has 0 saturated carbocycles. The van der Waals surface area contributed by atoms with Gasteiger partial charge >= 0.3 is 5.97 Å². The minimum atomic E-state index is -0.333. The van der Waals surface area contributed by atoms with E-state index in [0.717, 1.165) is 16.5 Å². The van der Waals surface area contributed by atoms with Crippen LogP contribution in [-0.2, 0) is 4.74 Å². The van der Waals surface area contributed by atoms with Crippen molar-refractivity contribution < 1.29 is 14.3 Å². The molecule has 0 unspecified atom stereocenters. The van der Waals surface area contributed by atoms with Gasteiger partial charge in [-0.1, -0.05) is 12.1 Å². The van der Waals surface area contributed by atoms with Crippen molar-refractivity contribution in [2.75, 3.05) is 7.11 Å². The second-order valence-corrected chi connectivity index (χ2v) is 3.57. The SMILES string of the molecule is C[CH-]Oc1ccc2ccc(C(=O)OC)cc2c1. The number of hydrogen-bond acceptors (Lipinski definition) is 3. The highest BCUT2D eigenvalue weighted by atomic mass is 16.5. The molecule has 0 aromatic heterocycles. The molecule has 0 fully saturated rings. The summed E-state index contributed by atoms with van der Waals surface area (Å²) in [6.07, 6.45) is 0. The zero-order valence-electron chi connectivity index (χ0n) is 9.77. The molecule has 0 spiro atoms. The van der Waals surface area contributed by atoms with Gasteiger partial charge in [-0.2, -0.15) is 13.5 Å². The standard InChI is InChI=1S/C14H13O3/c1-3-17-13-7-6-10-4-5-11(14(15)16-2)8-12(10)9-13/h3-9H,1-2H3/q-1. The first-order valence-corrected chi connectivity index (χ1v) is 5.31. The number of esters is 1. The van der Waals surface area contributed by atoms with Crippen LogP contribution < -0.4 is 4.74 Å². The zero-order chi connectivity index (χ0) is 12.3. The van der Waals surface area contributed by atoms with Crippen molar-refractivity contribution >= 4 is 16.7 Å². The maximum absolute atomic E-state index is 11.4. The second-order valence-electron chi connectivity index (χ2n) is 3.57. The number of methoxy groups -OCH3 is 1. The number of rotatable bonds is 3. The fourth-order valence-electron chi connectivity index (χ4n) is 1.68. The Hall–Kier alpha value is -2.03. The fourth-order valence-corrected chi connectivity index (χ4v) is 1.68. The molecule has 0 radical (unpaired) electrons. The van der Waals surface area contributed by atoms with Crippen molar-refractivity contribution in [3.63, 3.8) is 0 Å². The summed E-state index contributed by atoms with van der Waals surface area (Å²) in [6.45, 7) is 3.43. The van der Waals surface area contributed by atoms with Gasteiger partial charge in [0.05, 0.1) is 18.4 Å². The van der Waals surface area contributed by atoms with Gasteiger partial charge in [0, 0.05) is 0 Å². The predicted molar refractivity (Wildman–Crippen MR) is 65.9 cm³/mol. The third kappa shape index (κ3) is 2.38. The topological polar surface area (TPSA) is 35.5 Å². The zero-order valence-corrected chi connectivity index (χ0v) is 9.77. The van der Waals surface area contributed by atoms with Gasteiger partial charge in [0.15, 0.2) is 0 Å². The summed E-state index contributed by atoms with van der Waals surface area (Å²) < 4.78 is 9.99. The van der Waals surface area contributed by atoms with Crippen molar-refractivity contribution in [3.8, 4) is 5.75 Å². The highest BCUT2D eigenvalue weighted by Gasteiger charge is 2.05. The molecule has 88 valence electrons.